The fourth-order valence-electron chi connectivity index (χ4n) is 3.33. The second-order valence-electron chi connectivity index (χ2n) is 8.67. The van der Waals surface area contributed by atoms with E-state index in [4.69, 9.17) is 11.6 Å². The lowest BCUT2D eigenvalue weighted by Gasteiger charge is -2.18. The number of benzene rings is 3. The molecule has 2 N–H and O–H groups in total. The van der Waals surface area contributed by atoms with Crippen LogP contribution >= 0.6 is 34.7 Å². The number of hydrogen-bond donors (Lipinski definition) is 2. The maximum atomic E-state index is 13.2. The average molecular weight is 577 g/mol. The van der Waals surface area contributed by atoms with Crippen molar-refractivity contribution in [3.63, 3.8) is 0 Å². The summed E-state index contributed by atoms with van der Waals surface area (Å²) in [4.78, 5) is 30.5. The number of amides is 1. The van der Waals surface area contributed by atoms with Gasteiger partial charge in [0.05, 0.1) is 10.4 Å². The Bertz CT molecular complexity index is 1470. The van der Waals surface area contributed by atoms with Gasteiger partial charge < -0.3 is 10.4 Å². The van der Waals surface area contributed by atoms with Crippen LogP contribution in [0.25, 0.3) is 21.0 Å². The Morgan fingerprint density at radius 2 is 1.50 bits per heavy atom. The number of nitrogens with zero attached hydrogens (tertiary/aromatic N) is 1. The number of hydrogen-bond acceptors (Lipinski definition) is 5. The molecule has 1 heterocycles. The van der Waals surface area contributed by atoms with Crippen LogP contribution in [0, 0.1) is 0 Å². The third-order valence-electron chi connectivity index (χ3n) is 5.41. The fraction of sp³-hybridized carbons (Fsp3) is 0.148. The van der Waals surface area contributed by atoms with Crippen molar-refractivity contribution in [2.45, 2.75) is 29.7 Å². The number of alkyl halides is 3. The van der Waals surface area contributed by atoms with Crippen LogP contribution in [0.1, 0.15) is 29.9 Å². The van der Waals surface area contributed by atoms with Crippen molar-refractivity contribution in [2.24, 2.45) is 0 Å². The highest BCUT2D eigenvalue weighted by Gasteiger charge is 2.30. The molecule has 0 radical (unpaired) electrons. The number of aromatic nitrogens is 1. The largest absolute Gasteiger partial charge is 0.480 e. The van der Waals surface area contributed by atoms with E-state index in [1.54, 1.807) is 62.4 Å². The lowest BCUT2D eigenvalue weighted by atomic mass is 10.1. The first-order valence-electron chi connectivity index (χ1n) is 11.1. The lowest BCUT2D eigenvalue weighted by molar-refractivity contribution is -0.139. The molecule has 38 heavy (non-hydrogen) atoms. The standard InChI is InChI=1S/C27H20ClF3N2O3S2/c1-26(2,25(35)36)38-20-13-5-16(6-14-20)24-33-21(22(37-24)15-3-9-18(28)10-4-15)23(34)32-19-11-7-17(8-12-19)27(29,30)31/h3-14H,1-2H3,(H,32,34)(H,35,36). The Morgan fingerprint density at radius 3 is 2.05 bits per heavy atom. The van der Waals surface area contributed by atoms with Crippen molar-refractivity contribution in [1.29, 1.82) is 0 Å². The highest BCUT2D eigenvalue weighted by atomic mass is 35.5. The smallest absolute Gasteiger partial charge is 0.416 e. The average Bonchev–Trinajstić information content (AvgIpc) is 3.30. The van der Waals surface area contributed by atoms with E-state index in [0.29, 0.717) is 20.5 Å². The van der Waals surface area contributed by atoms with Crippen molar-refractivity contribution in [1.82, 2.24) is 4.98 Å². The molecular weight excluding hydrogens is 557 g/mol. The highest BCUT2D eigenvalue weighted by molar-refractivity contribution is 8.01. The molecule has 11 heteroatoms. The molecule has 4 rings (SSSR count). The van der Waals surface area contributed by atoms with Gasteiger partial charge in [0.1, 0.15) is 15.4 Å². The van der Waals surface area contributed by atoms with Gasteiger partial charge in [0.25, 0.3) is 5.91 Å². The Labute approximate surface area is 229 Å². The first-order valence-corrected chi connectivity index (χ1v) is 13.1. The molecular formula is C27H20ClF3N2O3S2. The van der Waals surface area contributed by atoms with Crippen molar-refractivity contribution in [3.05, 3.63) is 89.1 Å². The van der Waals surface area contributed by atoms with E-state index >= 15 is 0 Å². The number of anilines is 1. The van der Waals surface area contributed by atoms with Gasteiger partial charge in [0.15, 0.2) is 0 Å². The first-order chi connectivity index (χ1) is 17.8. The highest BCUT2D eigenvalue weighted by Crippen LogP contribution is 2.38. The number of carboxylic acids is 1. The molecule has 0 unspecified atom stereocenters. The number of rotatable bonds is 7. The molecule has 0 bridgehead atoms. The van der Waals surface area contributed by atoms with Crippen molar-refractivity contribution in [2.75, 3.05) is 5.32 Å². The number of carboxylic acid groups (broad SMARTS) is 1. The third kappa shape index (κ3) is 6.38. The van der Waals surface area contributed by atoms with Gasteiger partial charge in [0.2, 0.25) is 0 Å². The second kappa shape index (κ2) is 10.8. The summed E-state index contributed by atoms with van der Waals surface area (Å²) in [6.07, 6.45) is -4.48. The van der Waals surface area contributed by atoms with E-state index in [-0.39, 0.29) is 11.4 Å². The summed E-state index contributed by atoms with van der Waals surface area (Å²) in [6.45, 7) is 3.24. The van der Waals surface area contributed by atoms with Crippen LogP contribution in [-0.2, 0) is 11.0 Å². The number of carbonyl (C=O) groups is 2. The molecule has 0 fully saturated rings. The number of halogens is 4. The monoisotopic (exact) mass is 576 g/mol. The minimum Gasteiger partial charge on any atom is -0.480 e. The van der Waals surface area contributed by atoms with Crippen molar-refractivity contribution < 1.29 is 27.9 Å². The van der Waals surface area contributed by atoms with Gasteiger partial charge in [-0.1, -0.05) is 35.9 Å². The van der Waals surface area contributed by atoms with E-state index in [1.807, 2.05) is 0 Å². The van der Waals surface area contributed by atoms with Gasteiger partial charge in [-0.2, -0.15) is 13.2 Å². The summed E-state index contributed by atoms with van der Waals surface area (Å²) >= 11 is 8.51. The van der Waals surface area contributed by atoms with Gasteiger partial charge in [-0.15, -0.1) is 23.1 Å². The maximum Gasteiger partial charge on any atom is 0.416 e. The Morgan fingerprint density at radius 1 is 0.921 bits per heavy atom. The molecule has 0 saturated carbocycles. The fourth-order valence-corrected chi connectivity index (χ4v) is 5.48. The normalized spacial score (nSPS) is 11.8. The molecule has 0 spiro atoms. The first kappa shape index (κ1) is 27.7. The zero-order chi connectivity index (χ0) is 27.7. The van der Waals surface area contributed by atoms with Crippen LogP contribution in [0.15, 0.2) is 77.7 Å². The molecule has 4 aromatic rings. The number of nitrogens with one attached hydrogen (secondary N) is 1. The molecule has 0 aliphatic heterocycles. The molecule has 0 saturated heterocycles. The molecule has 1 aromatic heterocycles. The van der Waals surface area contributed by atoms with Crippen LogP contribution in [0.3, 0.4) is 0 Å². The summed E-state index contributed by atoms with van der Waals surface area (Å²) in [7, 11) is 0. The van der Waals surface area contributed by atoms with E-state index in [1.165, 1.54) is 35.2 Å². The van der Waals surface area contributed by atoms with Crippen LogP contribution in [0.5, 0.6) is 0 Å². The molecule has 1 amide bonds. The quantitative estimate of drug-likeness (QED) is 0.216. The third-order valence-corrected chi connectivity index (χ3v) is 8.01. The number of aliphatic carboxylic acids is 1. The predicted octanol–water partition coefficient (Wildman–Crippen LogP) is 8.36. The second-order valence-corrected chi connectivity index (χ2v) is 11.8. The number of carbonyl (C=O) groups excluding carboxylic acids is 1. The summed E-state index contributed by atoms with van der Waals surface area (Å²) in [5, 5.41) is 13.1. The Hall–Kier alpha value is -3.34. The minimum atomic E-state index is -4.48. The van der Waals surface area contributed by atoms with Gasteiger partial charge in [-0.25, -0.2) is 4.98 Å². The Balaban J connectivity index is 1.66. The molecule has 0 aliphatic carbocycles. The van der Waals surface area contributed by atoms with Gasteiger partial charge in [-0.05, 0) is 67.9 Å². The maximum absolute atomic E-state index is 13.2. The molecule has 3 aromatic carbocycles. The molecule has 0 atom stereocenters. The lowest BCUT2D eigenvalue weighted by Crippen LogP contribution is -2.26. The number of thioether (sulfide) groups is 1. The van der Waals surface area contributed by atoms with Crippen LogP contribution in [0.4, 0.5) is 18.9 Å². The Kier molecular flexibility index (Phi) is 7.87. The summed E-state index contributed by atoms with van der Waals surface area (Å²) in [5.74, 6) is -1.50. The van der Waals surface area contributed by atoms with Crippen LogP contribution in [0.2, 0.25) is 5.02 Å². The number of thiazole rings is 1. The summed E-state index contributed by atoms with van der Waals surface area (Å²) < 4.78 is 37.7. The van der Waals surface area contributed by atoms with E-state index < -0.39 is 28.4 Å². The summed E-state index contributed by atoms with van der Waals surface area (Å²) in [6, 6.07) is 18.2. The van der Waals surface area contributed by atoms with Crippen molar-refractivity contribution in [3.8, 4) is 21.0 Å². The molecule has 196 valence electrons. The molecule has 5 nitrogen and oxygen atoms in total. The SMILES string of the molecule is CC(C)(Sc1ccc(-c2nc(C(=O)Nc3ccc(C(F)(F)F)cc3)c(-c3ccc(Cl)cc3)s2)cc1)C(=O)O. The van der Waals surface area contributed by atoms with Gasteiger partial charge in [0, 0.05) is 21.2 Å². The predicted molar refractivity (Wildman–Crippen MR) is 145 cm³/mol. The minimum absolute atomic E-state index is 0.109. The topological polar surface area (TPSA) is 79.3 Å². The molecule has 0 aliphatic rings. The van der Waals surface area contributed by atoms with Crippen molar-refractivity contribution >= 4 is 52.3 Å². The van der Waals surface area contributed by atoms with Crippen LogP contribution < -0.4 is 5.32 Å². The zero-order valence-electron chi connectivity index (χ0n) is 20.0. The summed E-state index contributed by atoms with van der Waals surface area (Å²) in [5.41, 5.74) is 0.906. The van der Waals surface area contributed by atoms with E-state index in [9.17, 15) is 27.9 Å². The zero-order valence-corrected chi connectivity index (χ0v) is 22.4. The van der Waals surface area contributed by atoms with E-state index in [0.717, 1.165) is 22.6 Å². The van der Waals surface area contributed by atoms with Gasteiger partial charge in [-0.3, -0.25) is 9.59 Å². The van der Waals surface area contributed by atoms with Gasteiger partial charge >= 0.3 is 12.1 Å². The van der Waals surface area contributed by atoms with Crippen LogP contribution in [-0.4, -0.2) is 26.7 Å². The van der Waals surface area contributed by atoms with E-state index in [2.05, 4.69) is 10.3 Å².